The van der Waals surface area contributed by atoms with Gasteiger partial charge in [-0.2, -0.15) is 4.68 Å². The maximum atomic E-state index is 13.8. The first-order valence-corrected chi connectivity index (χ1v) is 14.2. The standard InChI is InChI=1S/C32H31ClN6O4/c1-32(2,3)43-31(42)22-9-13-25(14-10-22)35-30(41)29-26(21-7-5-4-6-8-21)17-18-38(29)28(40)16-11-23-19-24(33)12-15-27(23)39-20-34-36-37-39/h4-16,19-20,26,29H,17-18H2,1-3H3,(H,35,41)/b16-11+/t26-,29+/m0/s1. The van der Waals surface area contributed by atoms with Crippen molar-refractivity contribution in [2.45, 2.75) is 44.8 Å². The molecule has 2 atom stereocenters. The van der Waals surface area contributed by atoms with E-state index in [4.69, 9.17) is 16.3 Å². The summed E-state index contributed by atoms with van der Waals surface area (Å²) in [6.45, 7) is 5.80. The number of rotatable bonds is 7. The number of aromatic nitrogens is 4. The van der Waals surface area contributed by atoms with Gasteiger partial charge in [0.25, 0.3) is 0 Å². The van der Waals surface area contributed by atoms with Crippen LogP contribution in [0.15, 0.2) is 85.2 Å². The summed E-state index contributed by atoms with van der Waals surface area (Å²) in [5.74, 6) is -1.30. The quantitative estimate of drug-likeness (QED) is 0.226. The number of amides is 2. The third-order valence-corrected chi connectivity index (χ3v) is 7.19. The molecule has 10 nitrogen and oxygen atoms in total. The lowest BCUT2D eigenvalue weighted by molar-refractivity contribution is -0.133. The second-order valence-corrected chi connectivity index (χ2v) is 11.6. The number of hydrogen-bond acceptors (Lipinski definition) is 7. The van der Waals surface area contributed by atoms with Crippen LogP contribution in [0.1, 0.15) is 54.6 Å². The molecular formula is C32H31ClN6O4. The highest BCUT2D eigenvalue weighted by molar-refractivity contribution is 6.30. The molecule has 1 fully saturated rings. The highest BCUT2D eigenvalue weighted by Crippen LogP contribution is 2.35. The summed E-state index contributed by atoms with van der Waals surface area (Å²) < 4.78 is 6.90. The van der Waals surface area contributed by atoms with E-state index >= 15 is 0 Å². The molecule has 1 aliphatic rings. The van der Waals surface area contributed by atoms with Crippen LogP contribution in [0.4, 0.5) is 5.69 Å². The minimum Gasteiger partial charge on any atom is -0.456 e. The predicted molar refractivity (Wildman–Crippen MR) is 163 cm³/mol. The number of carbonyl (C=O) groups excluding carboxylic acids is 3. The van der Waals surface area contributed by atoms with Crippen LogP contribution in [-0.2, 0) is 14.3 Å². The van der Waals surface area contributed by atoms with E-state index in [-0.39, 0.29) is 17.7 Å². The highest BCUT2D eigenvalue weighted by Gasteiger charge is 2.42. The molecular weight excluding hydrogens is 568 g/mol. The van der Waals surface area contributed by atoms with Crippen molar-refractivity contribution in [2.24, 2.45) is 0 Å². The Kier molecular flexibility index (Phi) is 8.68. The Bertz CT molecular complexity index is 1630. The number of tetrazole rings is 1. The summed E-state index contributed by atoms with van der Waals surface area (Å²) in [5, 5.41) is 14.7. The van der Waals surface area contributed by atoms with Crippen LogP contribution in [0, 0.1) is 0 Å². The van der Waals surface area contributed by atoms with Crippen LogP contribution in [-0.4, -0.2) is 61.1 Å². The zero-order valence-corrected chi connectivity index (χ0v) is 24.7. The van der Waals surface area contributed by atoms with Crippen molar-refractivity contribution in [1.82, 2.24) is 25.1 Å². The van der Waals surface area contributed by atoms with Gasteiger partial charge in [-0.1, -0.05) is 41.9 Å². The van der Waals surface area contributed by atoms with Crippen LogP contribution in [0.3, 0.4) is 0 Å². The SMILES string of the molecule is CC(C)(C)OC(=O)c1ccc(NC(=O)[C@H]2[C@H](c3ccccc3)CCN2C(=O)/C=C/c2cc(Cl)ccc2-n2cnnn2)cc1. The first kappa shape index (κ1) is 29.7. The molecule has 1 N–H and O–H groups in total. The molecule has 11 heteroatoms. The number of benzene rings is 3. The molecule has 5 rings (SSSR count). The Hall–Kier alpha value is -4.83. The zero-order valence-electron chi connectivity index (χ0n) is 24.0. The van der Waals surface area contributed by atoms with E-state index in [1.807, 2.05) is 30.3 Å². The fraction of sp³-hybridized carbons (Fsp3) is 0.250. The van der Waals surface area contributed by atoms with Crippen LogP contribution in [0.25, 0.3) is 11.8 Å². The summed E-state index contributed by atoms with van der Waals surface area (Å²) in [7, 11) is 0. The average Bonchev–Trinajstić information content (AvgIpc) is 3.67. The molecule has 220 valence electrons. The van der Waals surface area contributed by atoms with E-state index in [9.17, 15) is 14.4 Å². The number of ether oxygens (including phenoxy) is 1. The van der Waals surface area contributed by atoms with E-state index in [1.165, 1.54) is 17.1 Å². The average molecular weight is 599 g/mol. The molecule has 1 aromatic heterocycles. The third-order valence-electron chi connectivity index (χ3n) is 6.96. The number of nitrogens with one attached hydrogen (secondary N) is 1. The van der Waals surface area contributed by atoms with Gasteiger partial charge >= 0.3 is 5.97 Å². The van der Waals surface area contributed by atoms with E-state index in [0.717, 1.165) is 5.56 Å². The van der Waals surface area contributed by atoms with Crippen molar-refractivity contribution in [2.75, 3.05) is 11.9 Å². The van der Waals surface area contributed by atoms with E-state index in [0.29, 0.717) is 40.5 Å². The van der Waals surface area contributed by atoms with Crippen LogP contribution in [0.5, 0.6) is 0 Å². The summed E-state index contributed by atoms with van der Waals surface area (Å²) in [4.78, 5) is 41.4. The van der Waals surface area contributed by atoms with Gasteiger partial charge in [0.2, 0.25) is 11.8 Å². The summed E-state index contributed by atoms with van der Waals surface area (Å²) >= 11 is 6.24. The molecule has 2 amide bonds. The topological polar surface area (TPSA) is 119 Å². The number of likely N-dealkylation sites (tertiary alicyclic amines) is 1. The number of anilines is 1. The van der Waals surface area contributed by atoms with E-state index < -0.39 is 17.6 Å². The van der Waals surface area contributed by atoms with Crippen molar-refractivity contribution in [3.05, 3.63) is 107 Å². The molecule has 2 heterocycles. The second kappa shape index (κ2) is 12.6. The van der Waals surface area contributed by atoms with E-state index in [1.54, 1.807) is 74.2 Å². The lowest BCUT2D eigenvalue weighted by atomic mass is 9.91. The monoisotopic (exact) mass is 598 g/mol. The third kappa shape index (κ3) is 7.15. The molecule has 0 bridgehead atoms. The minimum atomic E-state index is -0.761. The number of esters is 1. The predicted octanol–water partition coefficient (Wildman–Crippen LogP) is 5.31. The molecule has 4 aromatic rings. The largest absolute Gasteiger partial charge is 0.456 e. The Morgan fingerprint density at radius 2 is 1.77 bits per heavy atom. The molecule has 1 aliphatic heterocycles. The fourth-order valence-corrected chi connectivity index (χ4v) is 5.23. The maximum Gasteiger partial charge on any atom is 0.338 e. The summed E-state index contributed by atoms with van der Waals surface area (Å²) in [6.07, 6.45) is 5.15. The number of hydrogen-bond donors (Lipinski definition) is 1. The Balaban J connectivity index is 1.38. The van der Waals surface area contributed by atoms with Crippen molar-refractivity contribution in [3.63, 3.8) is 0 Å². The Labute approximate surface area is 254 Å². The van der Waals surface area contributed by atoms with Crippen molar-refractivity contribution in [3.8, 4) is 5.69 Å². The lowest BCUT2D eigenvalue weighted by Crippen LogP contribution is -2.44. The Morgan fingerprint density at radius 1 is 1.02 bits per heavy atom. The first-order chi connectivity index (χ1) is 20.6. The molecule has 43 heavy (non-hydrogen) atoms. The smallest absolute Gasteiger partial charge is 0.338 e. The van der Waals surface area contributed by atoms with Gasteiger partial charge in [0.15, 0.2) is 0 Å². The molecule has 0 radical (unpaired) electrons. The lowest BCUT2D eigenvalue weighted by Gasteiger charge is -2.27. The molecule has 3 aromatic carbocycles. The number of halogens is 1. The number of carbonyl (C=O) groups is 3. The van der Waals surface area contributed by atoms with Crippen molar-refractivity contribution < 1.29 is 19.1 Å². The molecule has 1 saturated heterocycles. The molecule has 0 aliphatic carbocycles. The Morgan fingerprint density at radius 3 is 2.44 bits per heavy atom. The van der Waals surface area contributed by atoms with Crippen molar-refractivity contribution in [1.29, 1.82) is 0 Å². The van der Waals surface area contributed by atoms with Crippen molar-refractivity contribution >= 4 is 41.1 Å². The zero-order chi connectivity index (χ0) is 30.6. The fourth-order valence-electron chi connectivity index (χ4n) is 5.05. The van der Waals surface area contributed by atoms with Crippen LogP contribution >= 0.6 is 11.6 Å². The minimum absolute atomic E-state index is 0.206. The number of nitrogens with zero attached hydrogens (tertiary/aromatic N) is 5. The van der Waals surface area contributed by atoms with E-state index in [2.05, 4.69) is 20.8 Å². The van der Waals surface area contributed by atoms with Crippen LogP contribution in [0.2, 0.25) is 5.02 Å². The van der Waals surface area contributed by atoms with Gasteiger partial charge in [-0.25, -0.2) is 4.79 Å². The molecule has 0 spiro atoms. The highest BCUT2D eigenvalue weighted by atomic mass is 35.5. The second-order valence-electron chi connectivity index (χ2n) is 11.1. The first-order valence-electron chi connectivity index (χ1n) is 13.8. The molecule has 0 saturated carbocycles. The van der Waals surface area contributed by atoms with Gasteiger partial charge in [-0.15, -0.1) is 5.10 Å². The molecule has 0 unspecified atom stereocenters. The summed E-state index contributed by atoms with van der Waals surface area (Å²) in [5.41, 5.74) is 2.51. The maximum absolute atomic E-state index is 13.8. The van der Waals surface area contributed by atoms with Gasteiger partial charge in [0.1, 0.15) is 18.0 Å². The van der Waals surface area contributed by atoms with Gasteiger partial charge in [0, 0.05) is 34.8 Å². The van der Waals surface area contributed by atoms with Gasteiger partial charge < -0.3 is 15.0 Å². The van der Waals surface area contributed by atoms with Gasteiger partial charge in [-0.3, -0.25) is 9.59 Å². The summed E-state index contributed by atoms with van der Waals surface area (Å²) in [6, 6.07) is 20.6. The van der Waals surface area contributed by atoms with Gasteiger partial charge in [-0.05, 0) is 91.7 Å². The normalized spacial score (nSPS) is 16.8. The van der Waals surface area contributed by atoms with Gasteiger partial charge in [0.05, 0.1) is 11.3 Å². The van der Waals surface area contributed by atoms with Crippen LogP contribution < -0.4 is 5.32 Å².